The molecule has 1 aromatic rings. The fraction of sp³-hybridized carbons (Fsp3) is 0.167. The topological polar surface area (TPSA) is 42.9 Å². The van der Waals surface area contributed by atoms with Gasteiger partial charge < -0.3 is 0 Å². The fourth-order valence-electron chi connectivity index (χ4n) is 0.689. The maximum absolute atomic E-state index is 12.1. The molecule has 0 aliphatic rings. The smallest absolute Gasteiger partial charge is 0.274 e. The predicted molar refractivity (Wildman–Crippen MR) is 37.2 cm³/mol. The molecule has 0 spiro atoms. The molecule has 0 N–H and O–H groups in total. The molecule has 0 radical (unpaired) electrons. The SMILES string of the molecule is O=C(Cl)c1nccnc1C(F)(F)F. The van der Waals surface area contributed by atoms with Crippen molar-refractivity contribution in [3.05, 3.63) is 23.8 Å². The van der Waals surface area contributed by atoms with E-state index in [4.69, 9.17) is 11.6 Å². The average molecular weight is 211 g/mol. The molecule has 0 aliphatic heterocycles. The number of nitrogens with zero attached hydrogens (tertiary/aromatic N) is 2. The van der Waals surface area contributed by atoms with E-state index in [9.17, 15) is 18.0 Å². The molecule has 7 heteroatoms. The van der Waals surface area contributed by atoms with E-state index in [0.29, 0.717) is 0 Å². The maximum atomic E-state index is 12.1. The molecular weight excluding hydrogens is 209 g/mol. The molecule has 0 aromatic carbocycles. The zero-order valence-corrected chi connectivity index (χ0v) is 6.73. The van der Waals surface area contributed by atoms with E-state index >= 15 is 0 Å². The van der Waals surface area contributed by atoms with Gasteiger partial charge in [-0.05, 0) is 11.6 Å². The first-order valence-electron chi connectivity index (χ1n) is 3.01. The molecule has 13 heavy (non-hydrogen) atoms. The summed E-state index contributed by atoms with van der Waals surface area (Å²) < 4.78 is 36.3. The van der Waals surface area contributed by atoms with Gasteiger partial charge in [0.1, 0.15) is 0 Å². The second-order valence-corrected chi connectivity index (χ2v) is 2.37. The van der Waals surface area contributed by atoms with Gasteiger partial charge in [-0.15, -0.1) is 0 Å². The molecule has 1 aromatic heterocycles. The molecule has 0 aliphatic carbocycles. The van der Waals surface area contributed by atoms with Crippen molar-refractivity contribution in [1.82, 2.24) is 9.97 Å². The van der Waals surface area contributed by atoms with Crippen molar-refractivity contribution in [3.63, 3.8) is 0 Å². The van der Waals surface area contributed by atoms with Crippen molar-refractivity contribution in [1.29, 1.82) is 0 Å². The van der Waals surface area contributed by atoms with Gasteiger partial charge in [0, 0.05) is 12.4 Å². The summed E-state index contributed by atoms with van der Waals surface area (Å²) in [5.41, 5.74) is -2.24. The number of hydrogen-bond acceptors (Lipinski definition) is 3. The van der Waals surface area contributed by atoms with E-state index in [2.05, 4.69) is 9.97 Å². The molecule has 0 fully saturated rings. The van der Waals surface area contributed by atoms with Gasteiger partial charge in [0.25, 0.3) is 5.24 Å². The van der Waals surface area contributed by atoms with E-state index in [1.807, 2.05) is 0 Å². The van der Waals surface area contributed by atoms with Crippen LogP contribution in [0.3, 0.4) is 0 Å². The van der Waals surface area contributed by atoms with Gasteiger partial charge in [0.2, 0.25) is 0 Å². The number of carbonyl (C=O) groups excluding carboxylic acids is 1. The second kappa shape index (κ2) is 3.29. The third-order valence-electron chi connectivity index (χ3n) is 1.15. The van der Waals surface area contributed by atoms with E-state index in [0.717, 1.165) is 12.4 Å². The summed E-state index contributed by atoms with van der Waals surface area (Å²) in [6.45, 7) is 0. The van der Waals surface area contributed by atoms with Gasteiger partial charge in [-0.25, -0.2) is 9.97 Å². The Hall–Kier alpha value is -1.17. The molecule has 1 heterocycles. The van der Waals surface area contributed by atoms with Crippen LogP contribution in [0.4, 0.5) is 13.2 Å². The quantitative estimate of drug-likeness (QED) is 0.665. The summed E-state index contributed by atoms with van der Waals surface area (Å²) >= 11 is 4.87. The van der Waals surface area contributed by atoms with Gasteiger partial charge >= 0.3 is 6.18 Å². The molecule has 70 valence electrons. The third-order valence-corrected chi connectivity index (χ3v) is 1.33. The summed E-state index contributed by atoms with van der Waals surface area (Å²) in [6, 6.07) is 0. The summed E-state index contributed by atoms with van der Waals surface area (Å²) in [5.74, 6) is 0. The molecule has 0 saturated carbocycles. The van der Waals surface area contributed by atoms with Crippen molar-refractivity contribution in [2.24, 2.45) is 0 Å². The Morgan fingerprint density at radius 2 is 1.85 bits per heavy atom. The van der Waals surface area contributed by atoms with Crippen LogP contribution in [-0.2, 0) is 6.18 Å². The Labute approximate surface area is 75.6 Å². The molecule has 0 amide bonds. The minimum atomic E-state index is -4.71. The maximum Gasteiger partial charge on any atom is 0.435 e. The van der Waals surface area contributed by atoms with E-state index < -0.39 is 22.8 Å². The molecule has 3 nitrogen and oxygen atoms in total. The van der Waals surface area contributed by atoms with Crippen molar-refractivity contribution >= 4 is 16.8 Å². The standard InChI is InChI=1S/C6H2ClF3N2O/c7-5(13)3-4(6(8,9)10)12-2-1-11-3/h1-2H. The average Bonchev–Trinajstić information content (AvgIpc) is 2.03. The van der Waals surface area contributed by atoms with E-state index in [1.54, 1.807) is 0 Å². The van der Waals surface area contributed by atoms with Crippen LogP contribution >= 0.6 is 11.6 Å². The molecule has 0 atom stereocenters. The number of halogens is 4. The summed E-state index contributed by atoms with van der Waals surface area (Å²) in [5, 5.41) is -1.28. The monoisotopic (exact) mass is 210 g/mol. The second-order valence-electron chi connectivity index (χ2n) is 2.03. The minimum absolute atomic E-state index is 0.839. The van der Waals surface area contributed by atoms with Crippen LogP contribution in [0.2, 0.25) is 0 Å². The molecule has 0 saturated heterocycles. The van der Waals surface area contributed by atoms with Crippen LogP contribution < -0.4 is 0 Å². The van der Waals surface area contributed by atoms with Crippen molar-refractivity contribution in [3.8, 4) is 0 Å². The van der Waals surface area contributed by atoms with E-state index in [-0.39, 0.29) is 0 Å². The Bertz CT molecular complexity index is 339. The van der Waals surface area contributed by atoms with Crippen LogP contribution in [-0.4, -0.2) is 15.2 Å². The van der Waals surface area contributed by atoms with Crippen LogP contribution in [0.25, 0.3) is 0 Å². The van der Waals surface area contributed by atoms with Crippen LogP contribution in [0.5, 0.6) is 0 Å². The largest absolute Gasteiger partial charge is 0.435 e. The highest BCUT2D eigenvalue weighted by Crippen LogP contribution is 2.29. The first kappa shape index (κ1) is 9.91. The molecule has 0 unspecified atom stereocenters. The van der Waals surface area contributed by atoms with Gasteiger partial charge in [-0.1, -0.05) is 0 Å². The number of alkyl halides is 3. The lowest BCUT2D eigenvalue weighted by atomic mass is 10.3. The zero-order valence-electron chi connectivity index (χ0n) is 5.97. The Kier molecular flexibility index (Phi) is 2.51. The molecule has 0 bridgehead atoms. The fourth-order valence-corrected chi connectivity index (χ4v) is 0.828. The van der Waals surface area contributed by atoms with Gasteiger partial charge in [0.05, 0.1) is 0 Å². The Balaban J connectivity index is 3.28. The Morgan fingerprint density at radius 1 is 1.31 bits per heavy atom. The van der Waals surface area contributed by atoms with Crippen molar-refractivity contribution in [2.75, 3.05) is 0 Å². The molecule has 1 rings (SSSR count). The van der Waals surface area contributed by atoms with Crippen LogP contribution in [0.15, 0.2) is 12.4 Å². The van der Waals surface area contributed by atoms with Crippen molar-refractivity contribution in [2.45, 2.75) is 6.18 Å². The Morgan fingerprint density at radius 3 is 2.23 bits per heavy atom. The van der Waals surface area contributed by atoms with E-state index in [1.165, 1.54) is 0 Å². The highest BCUT2D eigenvalue weighted by molar-refractivity contribution is 6.67. The lowest BCUT2D eigenvalue weighted by Crippen LogP contribution is -2.14. The lowest BCUT2D eigenvalue weighted by Gasteiger charge is -2.06. The minimum Gasteiger partial charge on any atom is -0.274 e. The van der Waals surface area contributed by atoms with Gasteiger partial charge in [-0.2, -0.15) is 13.2 Å². The molecular formula is C6H2ClF3N2O. The zero-order chi connectivity index (χ0) is 10.1. The van der Waals surface area contributed by atoms with Gasteiger partial charge in [0.15, 0.2) is 11.4 Å². The first-order valence-corrected chi connectivity index (χ1v) is 3.38. The number of aromatic nitrogens is 2. The summed E-state index contributed by atoms with van der Waals surface area (Å²) in [7, 11) is 0. The van der Waals surface area contributed by atoms with Crippen LogP contribution in [0.1, 0.15) is 16.2 Å². The number of carbonyl (C=O) groups is 1. The van der Waals surface area contributed by atoms with Gasteiger partial charge in [-0.3, -0.25) is 4.79 Å². The summed E-state index contributed by atoms with van der Waals surface area (Å²) in [4.78, 5) is 16.6. The number of hydrogen-bond donors (Lipinski definition) is 0. The normalized spacial score (nSPS) is 11.4. The highest BCUT2D eigenvalue weighted by atomic mass is 35.5. The lowest BCUT2D eigenvalue weighted by molar-refractivity contribution is -0.141. The summed E-state index contributed by atoms with van der Waals surface area (Å²) in [6.07, 6.45) is -2.91. The van der Waals surface area contributed by atoms with Crippen molar-refractivity contribution < 1.29 is 18.0 Å². The third kappa shape index (κ3) is 2.15. The van der Waals surface area contributed by atoms with Crippen LogP contribution in [0, 0.1) is 0 Å². The predicted octanol–water partition coefficient (Wildman–Crippen LogP) is 1.87. The number of rotatable bonds is 1. The highest BCUT2D eigenvalue weighted by Gasteiger charge is 2.37. The first-order chi connectivity index (χ1) is 5.93.